The fourth-order valence-corrected chi connectivity index (χ4v) is 2.00. The summed E-state index contributed by atoms with van der Waals surface area (Å²) < 4.78 is 0. The Kier molecular flexibility index (Phi) is 4.69. The molecule has 0 bridgehead atoms. The molecule has 0 heterocycles. The van der Waals surface area contributed by atoms with Crippen LogP contribution in [0.5, 0.6) is 0 Å². The Bertz CT molecular complexity index is 323. The van der Waals surface area contributed by atoms with E-state index >= 15 is 0 Å². The van der Waals surface area contributed by atoms with Gasteiger partial charge in [-0.05, 0) is 10.8 Å². The summed E-state index contributed by atoms with van der Waals surface area (Å²) in [5.41, 5.74) is -1.64. The van der Waals surface area contributed by atoms with Crippen LogP contribution >= 0.6 is 0 Å². The molecule has 0 amide bonds. The minimum atomic E-state index is -1.32. The van der Waals surface area contributed by atoms with E-state index in [9.17, 15) is 14.4 Å². The largest absolute Gasteiger partial charge is 0.481 e. The van der Waals surface area contributed by atoms with Crippen molar-refractivity contribution in [2.75, 3.05) is 0 Å². The first-order valence-electron chi connectivity index (χ1n) is 5.79. The van der Waals surface area contributed by atoms with Crippen molar-refractivity contribution >= 4 is 17.7 Å². The summed E-state index contributed by atoms with van der Waals surface area (Å²) in [6, 6.07) is 0. The molecule has 2 N–H and O–H groups in total. The van der Waals surface area contributed by atoms with Crippen LogP contribution < -0.4 is 0 Å². The summed E-state index contributed by atoms with van der Waals surface area (Å²) >= 11 is 0. The lowest BCUT2D eigenvalue weighted by atomic mass is 9.68. The van der Waals surface area contributed by atoms with E-state index < -0.39 is 40.4 Å². The molecular formula is C13H22O5. The number of aliphatic carboxylic acids is 2. The van der Waals surface area contributed by atoms with E-state index in [0.717, 1.165) is 0 Å². The van der Waals surface area contributed by atoms with Crippen LogP contribution in [0.4, 0.5) is 0 Å². The van der Waals surface area contributed by atoms with Crippen molar-refractivity contribution in [3.05, 3.63) is 0 Å². The summed E-state index contributed by atoms with van der Waals surface area (Å²) in [6.45, 7) is 9.70. The zero-order valence-corrected chi connectivity index (χ0v) is 11.8. The van der Waals surface area contributed by atoms with E-state index in [0.29, 0.717) is 0 Å². The molecule has 0 aliphatic carbocycles. The summed E-state index contributed by atoms with van der Waals surface area (Å²) in [5, 5.41) is 18.3. The van der Waals surface area contributed by atoms with E-state index in [4.69, 9.17) is 10.2 Å². The van der Waals surface area contributed by atoms with Gasteiger partial charge in [-0.3, -0.25) is 14.4 Å². The zero-order valence-electron chi connectivity index (χ0n) is 11.8. The van der Waals surface area contributed by atoms with Crippen molar-refractivity contribution in [2.24, 2.45) is 22.7 Å². The molecule has 0 aliphatic heterocycles. The molecule has 0 saturated carbocycles. The molecule has 0 spiro atoms. The van der Waals surface area contributed by atoms with Crippen LogP contribution in [0.3, 0.4) is 0 Å². The van der Waals surface area contributed by atoms with Crippen LogP contribution in [0.25, 0.3) is 0 Å². The fraction of sp³-hybridized carbons (Fsp3) is 0.769. The highest BCUT2D eigenvalue weighted by Gasteiger charge is 2.47. The highest BCUT2D eigenvalue weighted by molar-refractivity contribution is 6.08. The number of rotatable bonds is 4. The number of carboxylic acid groups (broad SMARTS) is 2. The second-order valence-electron chi connectivity index (χ2n) is 6.68. The Morgan fingerprint density at radius 2 is 0.944 bits per heavy atom. The molecule has 18 heavy (non-hydrogen) atoms. The maximum atomic E-state index is 12.3. The molecular weight excluding hydrogens is 236 g/mol. The number of carbonyl (C=O) groups is 3. The van der Waals surface area contributed by atoms with Crippen molar-refractivity contribution in [3.8, 4) is 0 Å². The highest BCUT2D eigenvalue weighted by Crippen LogP contribution is 2.35. The van der Waals surface area contributed by atoms with Crippen molar-refractivity contribution in [1.29, 1.82) is 0 Å². The maximum Gasteiger partial charge on any atom is 0.314 e. The second-order valence-corrected chi connectivity index (χ2v) is 6.68. The first kappa shape index (κ1) is 16.6. The van der Waals surface area contributed by atoms with Gasteiger partial charge in [-0.2, -0.15) is 0 Å². The monoisotopic (exact) mass is 258 g/mol. The summed E-state index contributed by atoms with van der Waals surface area (Å²) in [6.07, 6.45) is 0. The van der Waals surface area contributed by atoms with Crippen molar-refractivity contribution in [3.63, 3.8) is 0 Å². The lowest BCUT2D eigenvalue weighted by molar-refractivity contribution is -0.159. The quantitative estimate of drug-likeness (QED) is 0.753. The molecule has 0 radical (unpaired) electrons. The molecule has 0 aromatic carbocycles. The number of hydrogen-bond donors (Lipinski definition) is 2. The van der Waals surface area contributed by atoms with Gasteiger partial charge in [-0.15, -0.1) is 0 Å². The first-order valence-corrected chi connectivity index (χ1v) is 5.79. The van der Waals surface area contributed by atoms with E-state index in [1.165, 1.54) is 0 Å². The molecule has 104 valence electrons. The molecule has 5 nitrogen and oxygen atoms in total. The molecule has 2 unspecified atom stereocenters. The van der Waals surface area contributed by atoms with Crippen LogP contribution in [-0.2, 0) is 14.4 Å². The van der Waals surface area contributed by atoms with Crippen molar-refractivity contribution in [2.45, 2.75) is 41.5 Å². The Morgan fingerprint density at radius 3 is 1.06 bits per heavy atom. The zero-order chi connectivity index (χ0) is 14.9. The van der Waals surface area contributed by atoms with Crippen LogP contribution in [0.15, 0.2) is 0 Å². The molecule has 0 rings (SSSR count). The standard InChI is InChI=1S/C13H22O5/c1-12(2,3)7(10(15)16)9(14)8(11(17)18)13(4,5)6/h7-8H,1-6H3,(H,15,16)(H,17,18). The van der Waals surface area contributed by atoms with E-state index in [2.05, 4.69) is 0 Å². The van der Waals surface area contributed by atoms with Gasteiger partial charge in [-0.1, -0.05) is 41.5 Å². The van der Waals surface area contributed by atoms with Gasteiger partial charge < -0.3 is 10.2 Å². The predicted molar refractivity (Wildman–Crippen MR) is 66.2 cm³/mol. The van der Waals surface area contributed by atoms with Gasteiger partial charge >= 0.3 is 11.9 Å². The van der Waals surface area contributed by atoms with Crippen molar-refractivity contribution in [1.82, 2.24) is 0 Å². The number of Topliss-reactive ketones (excluding diaryl/α,β-unsaturated/α-hetero) is 1. The maximum absolute atomic E-state index is 12.3. The van der Waals surface area contributed by atoms with Crippen LogP contribution in [0.2, 0.25) is 0 Å². The van der Waals surface area contributed by atoms with Crippen LogP contribution in [-0.4, -0.2) is 27.9 Å². The molecule has 0 aromatic heterocycles. The Balaban J connectivity index is 5.57. The van der Waals surface area contributed by atoms with Gasteiger partial charge in [0, 0.05) is 0 Å². The molecule has 0 aliphatic rings. The smallest absolute Gasteiger partial charge is 0.314 e. The SMILES string of the molecule is CC(C)(C)C(C(=O)O)C(=O)C(C(=O)O)C(C)(C)C. The predicted octanol–water partition coefficient (Wildman–Crippen LogP) is 2.05. The Hall–Kier alpha value is -1.39. The van der Waals surface area contributed by atoms with Crippen LogP contribution in [0.1, 0.15) is 41.5 Å². The number of carbonyl (C=O) groups excluding carboxylic acids is 1. The fourth-order valence-electron chi connectivity index (χ4n) is 2.00. The van der Waals surface area contributed by atoms with Gasteiger partial charge in [-0.25, -0.2) is 0 Å². The highest BCUT2D eigenvalue weighted by atomic mass is 16.4. The normalized spacial score (nSPS) is 15.9. The minimum Gasteiger partial charge on any atom is -0.481 e. The van der Waals surface area contributed by atoms with E-state index in [1.54, 1.807) is 41.5 Å². The summed E-state index contributed by atoms with van der Waals surface area (Å²) in [7, 11) is 0. The topological polar surface area (TPSA) is 91.7 Å². The van der Waals surface area contributed by atoms with Gasteiger partial charge in [0.05, 0.1) is 0 Å². The number of hydrogen-bond acceptors (Lipinski definition) is 3. The third kappa shape index (κ3) is 3.82. The van der Waals surface area contributed by atoms with Gasteiger partial charge in [0.15, 0.2) is 5.78 Å². The lowest BCUT2D eigenvalue weighted by Gasteiger charge is -2.32. The molecule has 0 saturated heterocycles. The third-order valence-electron chi connectivity index (χ3n) is 2.79. The molecule has 0 aromatic rings. The van der Waals surface area contributed by atoms with E-state index in [-0.39, 0.29) is 0 Å². The average molecular weight is 258 g/mol. The minimum absolute atomic E-state index is 0.741. The third-order valence-corrected chi connectivity index (χ3v) is 2.79. The van der Waals surface area contributed by atoms with Gasteiger partial charge in [0.1, 0.15) is 11.8 Å². The molecule has 5 heteroatoms. The number of ketones is 1. The molecule has 0 fully saturated rings. The Morgan fingerprint density at radius 1 is 0.722 bits per heavy atom. The second kappa shape index (κ2) is 5.08. The van der Waals surface area contributed by atoms with Crippen LogP contribution in [0, 0.1) is 22.7 Å². The summed E-state index contributed by atoms with van der Waals surface area (Å²) in [4.78, 5) is 34.7. The number of carboxylic acids is 2. The van der Waals surface area contributed by atoms with Crippen molar-refractivity contribution < 1.29 is 24.6 Å². The first-order chi connectivity index (χ1) is 7.80. The lowest BCUT2D eigenvalue weighted by Crippen LogP contribution is -2.45. The summed E-state index contributed by atoms with van der Waals surface area (Å²) in [5.74, 6) is -5.93. The average Bonchev–Trinajstić information content (AvgIpc) is 1.93. The van der Waals surface area contributed by atoms with Gasteiger partial charge in [0.2, 0.25) is 0 Å². The van der Waals surface area contributed by atoms with E-state index in [1.807, 2.05) is 0 Å². The Labute approximate surface area is 107 Å². The van der Waals surface area contributed by atoms with Gasteiger partial charge in [0.25, 0.3) is 0 Å². The molecule has 2 atom stereocenters.